The van der Waals surface area contributed by atoms with Gasteiger partial charge in [0.1, 0.15) is 5.60 Å². The fourth-order valence-electron chi connectivity index (χ4n) is 4.30. The fraction of sp³-hybridized carbons (Fsp3) is 0.950. The fourth-order valence-corrected chi connectivity index (χ4v) is 4.30. The van der Waals surface area contributed by atoms with Gasteiger partial charge in [0.2, 0.25) is 0 Å². The van der Waals surface area contributed by atoms with Crippen molar-refractivity contribution < 1.29 is 9.53 Å². The molecular formula is C20H38N2O2. The normalized spacial score (nSPS) is 30.4. The predicted octanol–water partition coefficient (Wildman–Crippen LogP) is 4.58. The van der Waals surface area contributed by atoms with Crippen molar-refractivity contribution in [2.75, 3.05) is 6.54 Å². The van der Waals surface area contributed by atoms with Gasteiger partial charge in [0.15, 0.2) is 0 Å². The summed E-state index contributed by atoms with van der Waals surface area (Å²) in [5, 5.41) is 3.89. The smallest absolute Gasteiger partial charge is 0.410 e. The van der Waals surface area contributed by atoms with Gasteiger partial charge in [0, 0.05) is 24.7 Å². The average Bonchev–Trinajstić information content (AvgIpc) is 3.12. The minimum absolute atomic E-state index is 0.120. The summed E-state index contributed by atoms with van der Waals surface area (Å²) >= 11 is 0. The molecule has 0 aromatic carbocycles. The van der Waals surface area contributed by atoms with Crippen molar-refractivity contribution >= 4 is 6.09 Å². The lowest BCUT2D eigenvalue weighted by Gasteiger charge is -2.36. The molecule has 24 heavy (non-hydrogen) atoms. The molecule has 0 aromatic rings. The Morgan fingerprint density at radius 3 is 2.54 bits per heavy atom. The van der Waals surface area contributed by atoms with E-state index in [0.29, 0.717) is 30.0 Å². The molecule has 1 aliphatic heterocycles. The summed E-state index contributed by atoms with van der Waals surface area (Å²) in [6, 6.07) is 1.43. The van der Waals surface area contributed by atoms with Crippen LogP contribution in [0.5, 0.6) is 0 Å². The molecule has 2 rings (SSSR count). The topological polar surface area (TPSA) is 41.6 Å². The van der Waals surface area contributed by atoms with Gasteiger partial charge in [-0.1, -0.05) is 26.7 Å². The van der Waals surface area contributed by atoms with Crippen LogP contribution in [0, 0.1) is 11.8 Å². The standard InChI is InChI=1S/C20H38N2O2/c1-7-14(2)15(3)21-17-11-8-10-16(17)18-12-9-13-22(18)19(23)24-20(4,5)6/h14-18,21H,7-13H2,1-6H3. The molecule has 1 amide bonds. The van der Waals surface area contributed by atoms with Crippen molar-refractivity contribution in [2.24, 2.45) is 11.8 Å². The van der Waals surface area contributed by atoms with Crippen LogP contribution in [0.25, 0.3) is 0 Å². The number of rotatable bonds is 5. The predicted molar refractivity (Wildman–Crippen MR) is 99.1 cm³/mol. The third-order valence-electron chi connectivity index (χ3n) is 5.97. The van der Waals surface area contributed by atoms with Crippen molar-refractivity contribution in [2.45, 2.75) is 104 Å². The molecular weight excluding hydrogens is 300 g/mol. The number of hydrogen-bond donors (Lipinski definition) is 1. The molecule has 1 saturated carbocycles. The van der Waals surface area contributed by atoms with Gasteiger partial charge in [-0.05, 0) is 65.2 Å². The Hall–Kier alpha value is -0.770. The number of nitrogens with one attached hydrogen (secondary N) is 1. The molecule has 5 atom stereocenters. The highest BCUT2D eigenvalue weighted by atomic mass is 16.6. The number of carbonyl (C=O) groups excluding carboxylic acids is 1. The first kappa shape index (κ1) is 19.6. The third kappa shape index (κ3) is 4.87. The monoisotopic (exact) mass is 338 g/mol. The van der Waals surface area contributed by atoms with Crippen LogP contribution in [0.2, 0.25) is 0 Å². The van der Waals surface area contributed by atoms with Gasteiger partial charge in [0.05, 0.1) is 0 Å². The molecule has 0 radical (unpaired) electrons. The maximum atomic E-state index is 12.6. The minimum Gasteiger partial charge on any atom is -0.444 e. The van der Waals surface area contributed by atoms with E-state index in [1.54, 1.807) is 0 Å². The maximum absolute atomic E-state index is 12.6. The lowest BCUT2D eigenvalue weighted by Crippen LogP contribution is -2.50. The van der Waals surface area contributed by atoms with E-state index in [1.165, 1.54) is 25.7 Å². The van der Waals surface area contributed by atoms with Crippen molar-refractivity contribution in [3.05, 3.63) is 0 Å². The number of hydrogen-bond acceptors (Lipinski definition) is 3. The van der Waals surface area contributed by atoms with E-state index in [9.17, 15) is 4.79 Å². The first-order valence-electron chi connectivity index (χ1n) is 9.98. The quantitative estimate of drug-likeness (QED) is 0.798. The van der Waals surface area contributed by atoms with Crippen LogP contribution in [-0.2, 0) is 4.74 Å². The SMILES string of the molecule is CCC(C)C(C)NC1CCCC1C1CCCN1C(=O)OC(C)(C)C. The summed E-state index contributed by atoms with van der Waals surface area (Å²) in [6.45, 7) is 13.6. The number of amides is 1. The molecule has 140 valence electrons. The van der Waals surface area contributed by atoms with Crippen LogP contribution in [0.1, 0.15) is 80.1 Å². The van der Waals surface area contributed by atoms with Crippen molar-refractivity contribution in [3.8, 4) is 0 Å². The zero-order valence-corrected chi connectivity index (χ0v) is 16.6. The lowest BCUT2D eigenvalue weighted by atomic mass is 9.90. The Kier molecular flexibility index (Phi) is 6.58. The van der Waals surface area contributed by atoms with Crippen molar-refractivity contribution in [1.29, 1.82) is 0 Å². The molecule has 0 aromatic heterocycles. The van der Waals surface area contributed by atoms with Crippen molar-refractivity contribution in [1.82, 2.24) is 10.2 Å². The van der Waals surface area contributed by atoms with E-state index in [1.807, 2.05) is 25.7 Å². The molecule has 0 spiro atoms. The molecule has 0 bridgehead atoms. The minimum atomic E-state index is -0.414. The Morgan fingerprint density at radius 1 is 1.21 bits per heavy atom. The van der Waals surface area contributed by atoms with Crippen LogP contribution in [0.3, 0.4) is 0 Å². The number of carbonyl (C=O) groups is 1. The molecule has 5 unspecified atom stereocenters. The van der Waals surface area contributed by atoms with Crippen LogP contribution in [-0.4, -0.2) is 41.3 Å². The van der Waals surface area contributed by atoms with Gasteiger partial charge in [-0.25, -0.2) is 4.79 Å². The summed E-state index contributed by atoms with van der Waals surface area (Å²) in [5.74, 6) is 1.27. The summed E-state index contributed by atoms with van der Waals surface area (Å²) in [4.78, 5) is 14.6. The molecule has 4 heteroatoms. The zero-order valence-electron chi connectivity index (χ0n) is 16.6. The van der Waals surface area contributed by atoms with E-state index in [0.717, 1.165) is 19.4 Å². The van der Waals surface area contributed by atoms with E-state index in [4.69, 9.17) is 4.74 Å². The van der Waals surface area contributed by atoms with Gasteiger partial charge in [0.25, 0.3) is 0 Å². The van der Waals surface area contributed by atoms with Gasteiger partial charge in [-0.3, -0.25) is 0 Å². The summed E-state index contributed by atoms with van der Waals surface area (Å²) in [5.41, 5.74) is -0.414. The van der Waals surface area contributed by atoms with Crippen LogP contribution in [0.15, 0.2) is 0 Å². The number of nitrogens with zero attached hydrogens (tertiary/aromatic N) is 1. The van der Waals surface area contributed by atoms with E-state index >= 15 is 0 Å². The molecule has 1 heterocycles. The molecule has 1 saturated heterocycles. The molecule has 2 aliphatic rings. The van der Waals surface area contributed by atoms with Gasteiger partial charge >= 0.3 is 6.09 Å². The Morgan fingerprint density at radius 2 is 1.92 bits per heavy atom. The average molecular weight is 339 g/mol. The van der Waals surface area contributed by atoms with E-state index in [-0.39, 0.29) is 6.09 Å². The second-order valence-corrected chi connectivity index (χ2v) is 8.93. The largest absolute Gasteiger partial charge is 0.444 e. The summed E-state index contributed by atoms with van der Waals surface area (Å²) < 4.78 is 5.65. The van der Waals surface area contributed by atoms with Crippen molar-refractivity contribution in [3.63, 3.8) is 0 Å². The van der Waals surface area contributed by atoms with Gasteiger partial charge < -0.3 is 15.0 Å². The first-order chi connectivity index (χ1) is 11.2. The maximum Gasteiger partial charge on any atom is 0.410 e. The van der Waals surface area contributed by atoms with E-state index in [2.05, 4.69) is 26.1 Å². The molecule has 2 fully saturated rings. The van der Waals surface area contributed by atoms with Crippen LogP contribution in [0.4, 0.5) is 4.79 Å². The number of likely N-dealkylation sites (tertiary alicyclic amines) is 1. The third-order valence-corrected chi connectivity index (χ3v) is 5.97. The highest BCUT2D eigenvalue weighted by Crippen LogP contribution is 2.37. The zero-order chi connectivity index (χ0) is 17.9. The lowest BCUT2D eigenvalue weighted by molar-refractivity contribution is 0.0164. The highest BCUT2D eigenvalue weighted by Gasteiger charge is 2.42. The Labute approximate surface area is 148 Å². The molecule has 1 aliphatic carbocycles. The molecule has 1 N–H and O–H groups in total. The van der Waals surface area contributed by atoms with E-state index < -0.39 is 5.60 Å². The number of ether oxygens (including phenoxy) is 1. The first-order valence-corrected chi connectivity index (χ1v) is 9.98. The Bertz CT molecular complexity index is 418. The second kappa shape index (κ2) is 8.07. The summed E-state index contributed by atoms with van der Waals surface area (Å²) in [7, 11) is 0. The molecule has 4 nitrogen and oxygen atoms in total. The van der Waals surface area contributed by atoms with Gasteiger partial charge in [-0.2, -0.15) is 0 Å². The van der Waals surface area contributed by atoms with Crippen LogP contribution < -0.4 is 5.32 Å². The Balaban J connectivity index is 2.01. The second-order valence-electron chi connectivity index (χ2n) is 8.93. The van der Waals surface area contributed by atoms with Crippen LogP contribution >= 0.6 is 0 Å². The highest BCUT2D eigenvalue weighted by molar-refractivity contribution is 5.69. The summed E-state index contributed by atoms with van der Waals surface area (Å²) in [6.07, 6.45) is 7.06. The van der Waals surface area contributed by atoms with Gasteiger partial charge in [-0.15, -0.1) is 0 Å².